The van der Waals surface area contributed by atoms with Gasteiger partial charge in [-0.05, 0) is 66.3 Å². The van der Waals surface area contributed by atoms with Crippen LogP contribution < -0.4 is 4.74 Å². The summed E-state index contributed by atoms with van der Waals surface area (Å²) in [5.74, 6) is -0.727. The molecule has 1 saturated carbocycles. The summed E-state index contributed by atoms with van der Waals surface area (Å²) in [6.45, 7) is 0. The van der Waals surface area contributed by atoms with E-state index in [2.05, 4.69) is 0 Å². The van der Waals surface area contributed by atoms with Gasteiger partial charge >= 0.3 is 5.97 Å². The molecule has 1 N–H and O–H groups in total. The molecule has 144 valence electrons. The van der Waals surface area contributed by atoms with Crippen LogP contribution in [0.15, 0.2) is 59.5 Å². The third-order valence-corrected chi connectivity index (χ3v) is 6.92. The third kappa shape index (κ3) is 3.71. The number of benzene rings is 3. The third-order valence-electron chi connectivity index (χ3n) is 4.64. The van der Waals surface area contributed by atoms with Crippen LogP contribution in [-0.2, 0) is 21.1 Å². The van der Waals surface area contributed by atoms with Crippen LogP contribution in [0.2, 0.25) is 0 Å². The Kier molecular flexibility index (Phi) is 4.55. The summed E-state index contributed by atoms with van der Waals surface area (Å²) >= 11 is 0. The fraction of sp³-hybridized carbons (Fsp3) is 0.190. The van der Waals surface area contributed by atoms with Crippen molar-refractivity contribution in [1.29, 1.82) is 0 Å². The van der Waals surface area contributed by atoms with E-state index in [1.54, 1.807) is 30.3 Å². The fourth-order valence-corrected chi connectivity index (χ4v) is 4.77. The van der Waals surface area contributed by atoms with Crippen molar-refractivity contribution in [2.45, 2.75) is 29.4 Å². The molecule has 0 unspecified atom stereocenters. The summed E-state index contributed by atoms with van der Waals surface area (Å²) in [5, 5.41) is 9.93. The number of fused-ring (bicyclic) bond motifs is 1. The number of rotatable bonds is 6. The average Bonchev–Trinajstić information content (AvgIpc) is 3.48. The zero-order valence-corrected chi connectivity index (χ0v) is 15.6. The van der Waals surface area contributed by atoms with E-state index in [0.29, 0.717) is 40.7 Å². The van der Waals surface area contributed by atoms with Gasteiger partial charge in [0.1, 0.15) is 17.3 Å². The van der Waals surface area contributed by atoms with Crippen LogP contribution in [0.25, 0.3) is 10.8 Å². The first-order chi connectivity index (χ1) is 13.3. The second-order valence-corrected chi connectivity index (χ2v) is 9.08. The van der Waals surface area contributed by atoms with Gasteiger partial charge in [0.15, 0.2) is 9.84 Å². The minimum Gasteiger partial charge on any atom is -0.481 e. The molecule has 4 rings (SSSR count). The Balaban J connectivity index is 1.70. The first kappa shape index (κ1) is 18.4. The molecule has 7 heteroatoms. The molecule has 0 heterocycles. The van der Waals surface area contributed by atoms with Crippen molar-refractivity contribution in [2.24, 2.45) is 0 Å². The summed E-state index contributed by atoms with van der Waals surface area (Å²) in [6.07, 6.45) is 1.19. The second kappa shape index (κ2) is 6.91. The van der Waals surface area contributed by atoms with Gasteiger partial charge in [0.2, 0.25) is 0 Å². The monoisotopic (exact) mass is 400 g/mol. The van der Waals surface area contributed by atoms with Gasteiger partial charge in [-0.3, -0.25) is 4.79 Å². The first-order valence-electron chi connectivity index (χ1n) is 8.79. The minimum atomic E-state index is -3.29. The van der Waals surface area contributed by atoms with Crippen LogP contribution in [0, 0.1) is 5.82 Å². The average molecular weight is 400 g/mol. The Morgan fingerprint density at radius 2 is 1.79 bits per heavy atom. The van der Waals surface area contributed by atoms with Gasteiger partial charge in [0, 0.05) is 5.39 Å². The number of sulfone groups is 1. The van der Waals surface area contributed by atoms with Crippen LogP contribution in [0.3, 0.4) is 0 Å². The molecule has 0 spiro atoms. The van der Waals surface area contributed by atoms with Crippen molar-refractivity contribution in [3.8, 4) is 11.5 Å². The molecule has 5 nitrogen and oxygen atoms in total. The largest absolute Gasteiger partial charge is 0.481 e. The van der Waals surface area contributed by atoms with Crippen molar-refractivity contribution in [3.63, 3.8) is 0 Å². The zero-order chi connectivity index (χ0) is 19.9. The summed E-state index contributed by atoms with van der Waals surface area (Å²) in [5.41, 5.74) is 0.523. The van der Waals surface area contributed by atoms with Crippen molar-refractivity contribution in [2.75, 3.05) is 0 Å². The maximum absolute atomic E-state index is 13.7. The number of carbonyl (C=O) groups is 1. The number of carboxylic acids is 1. The lowest BCUT2D eigenvalue weighted by Gasteiger charge is -2.12. The second-order valence-electron chi connectivity index (χ2n) is 6.85. The molecule has 3 aromatic carbocycles. The molecular formula is C21H17FO5S. The van der Waals surface area contributed by atoms with Crippen molar-refractivity contribution in [3.05, 3.63) is 66.0 Å². The van der Waals surface area contributed by atoms with Gasteiger partial charge in [-0.25, -0.2) is 12.8 Å². The highest BCUT2D eigenvalue weighted by Crippen LogP contribution is 2.36. The number of carboxylic acid groups (broad SMARTS) is 1. The van der Waals surface area contributed by atoms with E-state index < -0.39 is 21.6 Å². The molecule has 1 aliphatic rings. The molecule has 3 aromatic rings. The molecule has 0 atom stereocenters. The number of ether oxygens (including phenoxy) is 1. The highest BCUT2D eigenvalue weighted by Gasteiger charge is 2.36. The highest BCUT2D eigenvalue weighted by molar-refractivity contribution is 7.92. The lowest BCUT2D eigenvalue weighted by Crippen LogP contribution is -2.06. The van der Waals surface area contributed by atoms with E-state index in [1.807, 2.05) is 0 Å². The van der Waals surface area contributed by atoms with E-state index in [9.17, 15) is 17.6 Å². The molecule has 0 saturated heterocycles. The first-order valence-corrected chi connectivity index (χ1v) is 10.3. The Hall–Kier alpha value is -2.93. The summed E-state index contributed by atoms with van der Waals surface area (Å²) < 4.78 is 44.1. The molecular weight excluding hydrogens is 383 g/mol. The van der Waals surface area contributed by atoms with Crippen LogP contribution in [0.4, 0.5) is 4.39 Å². The molecule has 1 fully saturated rings. The zero-order valence-electron chi connectivity index (χ0n) is 14.8. The van der Waals surface area contributed by atoms with Crippen LogP contribution in [0.5, 0.6) is 11.5 Å². The fourth-order valence-electron chi connectivity index (χ4n) is 3.11. The van der Waals surface area contributed by atoms with Crippen LogP contribution in [-0.4, -0.2) is 24.7 Å². The molecule has 0 amide bonds. The Labute approximate surface area is 161 Å². The van der Waals surface area contributed by atoms with E-state index >= 15 is 0 Å². The van der Waals surface area contributed by atoms with E-state index in [-0.39, 0.29) is 16.6 Å². The number of hydrogen-bond acceptors (Lipinski definition) is 4. The standard InChI is InChI=1S/C21H17FO5S/c22-15-2-1-14-9-13(11-21(23)24)10-20(19(14)12-15)27-16-3-5-17(6-4-16)28(25,26)18-7-8-18/h1-6,9-10,12,18H,7-8,11H2,(H,23,24). The van der Waals surface area contributed by atoms with Gasteiger partial charge in [0.05, 0.1) is 16.6 Å². The molecule has 1 aliphatic carbocycles. The Morgan fingerprint density at radius 1 is 1.07 bits per heavy atom. The van der Waals surface area contributed by atoms with Gasteiger partial charge in [-0.2, -0.15) is 0 Å². The van der Waals surface area contributed by atoms with Gasteiger partial charge < -0.3 is 9.84 Å². The number of hydrogen-bond donors (Lipinski definition) is 1. The number of aliphatic carboxylic acids is 1. The maximum Gasteiger partial charge on any atom is 0.307 e. The predicted molar refractivity (Wildman–Crippen MR) is 102 cm³/mol. The number of halogens is 1. The normalized spacial score (nSPS) is 14.2. The van der Waals surface area contributed by atoms with Gasteiger partial charge in [-0.1, -0.05) is 12.1 Å². The molecule has 0 aromatic heterocycles. The molecule has 0 radical (unpaired) electrons. The van der Waals surface area contributed by atoms with E-state index in [4.69, 9.17) is 9.84 Å². The van der Waals surface area contributed by atoms with Crippen molar-refractivity contribution < 1.29 is 27.4 Å². The maximum atomic E-state index is 13.7. The van der Waals surface area contributed by atoms with Crippen molar-refractivity contribution in [1.82, 2.24) is 0 Å². The minimum absolute atomic E-state index is 0.192. The summed E-state index contributed by atoms with van der Waals surface area (Å²) in [4.78, 5) is 11.3. The SMILES string of the molecule is O=C(O)Cc1cc(Oc2ccc(S(=O)(=O)C3CC3)cc2)c2cc(F)ccc2c1. The Morgan fingerprint density at radius 3 is 2.43 bits per heavy atom. The van der Waals surface area contributed by atoms with E-state index in [0.717, 1.165) is 0 Å². The summed E-state index contributed by atoms with van der Waals surface area (Å²) in [7, 11) is -3.29. The molecule has 0 aliphatic heterocycles. The van der Waals surface area contributed by atoms with Crippen molar-refractivity contribution >= 4 is 26.6 Å². The molecule has 28 heavy (non-hydrogen) atoms. The lowest BCUT2D eigenvalue weighted by atomic mass is 10.0. The topological polar surface area (TPSA) is 80.7 Å². The predicted octanol–water partition coefficient (Wildman–Crippen LogP) is 4.33. The van der Waals surface area contributed by atoms with Gasteiger partial charge in [-0.15, -0.1) is 0 Å². The van der Waals surface area contributed by atoms with E-state index in [1.165, 1.54) is 24.3 Å². The van der Waals surface area contributed by atoms with Crippen LogP contribution in [0.1, 0.15) is 18.4 Å². The molecule has 0 bridgehead atoms. The van der Waals surface area contributed by atoms with Crippen LogP contribution >= 0.6 is 0 Å². The quantitative estimate of drug-likeness (QED) is 0.666. The van der Waals surface area contributed by atoms with Gasteiger partial charge in [0.25, 0.3) is 0 Å². The highest BCUT2D eigenvalue weighted by atomic mass is 32.2. The summed E-state index contributed by atoms with van der Waals surface area (Å²) in [6, 6.07) is 13.5. The Bertz CT molecular complexity index is 1170. The lowest BCUT2D eigenvalue weighted by molar-refractivity contribution is -0.136. The smallest absolute Gasteiger partial charge is 0.307 e.